The van der Waals surface area contributed by atoms with Gasteiger partial charge >= 0.3 is 0 Å². The Bertz CT molecular complexity index is 302. The highest BCUT2D eigenvalue weighted by Crippen LogP contribution is 2.43. The van der Waals surface area contributed by atoms with E-state index in [1.165, 1.54) is 23.4 Å². The van der Waals surface area contributed by atoms with Gasteiger partial charge in [-0.3, -0.25) is 5.43 Å². The summed E-state index contributed by atoms with van der Waals surface area (Å²) in [6, 6.07) is 0. The van der Waals surface area contributed by atoms with Crippen LogP contribution in [0.1, 0.15) is 29.3 Å². The summed E-state index contributed by atoms with van der Waals surface area (Å²) in [5, 5.41) is 2.94. The number of hydrogen-bond donors (Lipinski definition) is 1. The van der Waals surface area contributed by atoms with E-state index >= 15 is 0 Å². The molecular weight excluding hydrogens is 182 g/mol. The Morgan fingerprint density at radius 2 is 2.15 bits per heavy atom. The minimum Gasteiger partial charge on any atom is -0.295 e. The molecule has 2 rings (SSSR count). The molecule has 1 aromatic heterocycles. The Kier molecular flexibility index (Phi) is 2.26. The molecule has 1 aromatic rings. The number of hydrogen-bond acceptors (Lipinski definition) is 4. The van der Waals surface area contributed by atoms with Gasteiger partial charge in [-0.05, 0) is 19.8 Å². The topological polar surface area (TPSA) is 28.2 Å². The van der Waals surface area contributed by atoms with Gasteiger partial charge in [0.25, 0.3) is 0 Å². The number of hydrazine groups is 1. The van der Waals surface area contributed by atoms with Crippen molar-refractivity contribution in [1.82, 2.24) is 9.99 Å². The Balaban J connectivity index is 2.14. The van der Waals surface area contributed by atoms with Gasteiger partial charge in [0.05, 0.1) is 5.69 Å². The van der Waals surface area contributed by atoms with Crippen LogP contribution in [0.4, 0.5) is 5.13 Å². The average molecular weight is 197 g/mol. The lowest BCUT2D eigenvalue weighted by Crippen LogP contribution is -2.19. The maximum absolute atomic E-state index is 4.58. The van der Waals surface area contributed by atoms with E-state index in [1.807, 2.05) is 19.1 Å². The third kappa shape index (κ3) is 2.00. The van der Waals surface area contributed by atoms with Crippen LogP contribution in [0.25, 0.3) is 0 Å². The maximum Gasteiger partial charge on any atom is 0.197 e. The third-order valence-corrected chi connectivity index (χ3v) is 3.01. The smallest absolute Gasteiger partial charge is 0.197 e. The van der Waals surface area contributed by atoms with E-state index < -0.39 is 0 Å². The molecule has 4 heteroatoms. The average Bonchev–Trinajstić information content (AvgIpc) is 2.77. The molecule has 3 nitrogen and oxygen atoms in total. The molecule has 0 aromatic carbocycles. The van der Waals surface area contributed by atoms with E-state index in [4.69, 9.17) is 0 Å². The van der Waals surface area contributed by atoms with E-state index in [-0.39, 0.29) is 0 Å². The fourth-order valence-corrected chi connectivity index (χ4v) is 2.36. The van der Waals surface area contributed by atoms with Crippen molar-refractivity contribution < 1.29 is 0 Å². The van der Waals surface area contributed by atoms with Gasteiger partial charge in [0.2, 0.25) is 0 Å². The molecule has 72 valence electrons. The van der Waals surface area contributed by atoms with Crippen molar-refractivity contribution in [2.75, 3.05) is 19.5 Å². The minimum absolute atomic E-state index is 0.758. The van der Waals surface area contributed by atoms with Crippen molar-refractivity contribution >= 4 is 16.5 Å². The standard InChI is InChI=1S/C9H15N3S/c1-6-8(7-4-5-7)10-9(13-6)11-12(2)3/h7H,4-5H2,1-3H3,(H,10,11). The van der Waals surface area contributed by atoms with E-state index in [1.54, 1.807) is 11.3 Å². The first-order valence-electron chi connectivity index (χ1n) is 4.58. The second-order valence-electron chi connectivity index (χ2n) is 3.74. The van der Waals surface area contributed by atoms with Crippen LogP contribution in [0.15, 0.2) is 0 Å². The second kappa shape index (κ2) is 3.27. The number of thiazole rings is 1. The second-order valence-corrected chi connectivity index (χ2v) is 4.94. The number of nitrogens with zero attached hydrogens (tertiary/aromatic N) is 2. The molecule has 1 aliphatic carbocycles. The molecule has 1 saturated carbocycles. The van der Waals surface area contributed by atoms with Crippen LogP contribution in [-0.2, 0) is 0 Å². The molecule has 1 aliphatic rings. The van der Waals surface area contributed by atoms with Gasteiger partial charge < -0.3 is 0 Å². The molecule has 13 heavy (non-hydrogen) atoms. The Morgan fingerprint density at radius 3 is 2.69 bits per heavy atom. The van der Waals surface area contributed by atoms with E-state index in [0.29, 0.717) is 0 Å². The summed E-state index contributed by atoms with van der Waals surface area (Å²) < 4.78 is 0. The van der Waals surface area contributed by atoms with Crippen molar-refractivity contribution in [3.8, 4) is 0 Å². The van der Waals surface area contributed by atoms with Crippen molar-refractivity contribution in [3.63, 3.8) is 0 Å². The number of rotatable bonds is 3. The molecule has 0 bridgehead atoms. The van der Waals surface area contributed by atoms with Gasteiger partial charge in [-0.15, -0.1) is 11.3 Å². The fraction of sp³-hybridized carbons (Fsp3) is 0.667. The van der Waals surface area contributed by atoms with Gasteiger partial charge in [-0.25, -0.2) is 9.99 Å². The van der Waals surface area contributed by atoms with Crippen molar-refractivity contribution in [2.45, 2.75) is 25.7 Å². The zero-order valence-corrected chi connectivity index (χ0v) is 9.11. The summed E-state index contributed by atoms with van der Waals surface area (Å²) >= 11 is 1.75. The molecule has 0 spiro atoms. The highest BCUT2D eigenvalue weighted by atomic mass is 32.1. The summed E-state index contributed by atoms with van der Waals surface area (Å²) in [5.41, 5.74) is 4.50. The minimum atomic E-state index is 0.758. The normalized spacial score (nSPS) is 16.6. The van der Waals surface area contributed by atoms with Crippen LogP contribution in [0.5, 0.6) is 0 Å². The first-order chi connectivity index (χ1) is 6.16. The molecule has 1 heterocycles. The van der Waals surface area contributed by atoms with Gasteiger partial charge in [-0.1, -0.05) is 0 Å². The van der Waals surface area contributed by atoms with Crippen LogP contribution in [-0.4, -0.2) is 24.1 Å². The summed E-state index contributed by atoms with van der Waals surface area (Å²) in [7, 11) is 3.96. The summed E-state index contributed by atoms with van der Waals surface area (Å²) in [6.45, 7) is 2.16. The molecular formula is C9H15N3S. The molecule has 0 saturated heterocycles. The largest absolute Gasteiger partial charge is 0.295 e. The first-order valence-corrected chi connectivity index (χ1v) is 5.40. The van der Waals surface area contributed by atoms with E-state index in [2.05, 4.69) is 17.3 Å². The van der Waals surface area contributed by atoms with E-state index in [0.717, 1.165) is 11.0 Å². The molecule has 0 unspecified atom stereocenters. The monoisotopic (exact) mass is 197 g/mol. The van der Waals surface area contributed by atoms with Crippen LogP contribution < -0.4 is 5.43 Å². The van der Waals surface area contributed by atoms with Gasteiger partial charge in [0.15, 0.2) is 5.13 Å². The molecule has 1 N–H and O–H groups in total. The number of anilines is 1. The molecule has 0 amide bonds. The Labute approximate surface area is 82.8 Å². The summed E-state index contributed by atoms with van der Waals surface area (Å²) in [4.78, 5) is 5.95. The maximum atomic E-state index is 4.58. The lowest BCUT2D eigenvalue weighted by atomic mass is 10.3. The predicted octanol–water partition coefficient (Wildman–Crippen LogP) is 2.22. The van der Waals surface area contributed by atoms with E-state index in [9.17, 15) is 0 Å². The van der Waals surface area contributed by atoms with Gasteiger partial charge in [-0.2, -0.15) is 0 Å². The fourth-order valence-electron chi connectivity index (χ4n) is 1.38. The number of aromatic nitrogens is 1. The summed E-state index contributed by atoms with van der Waals surface area (Å²) in [5.74, 6) is 0.758. The van der Waals surface area contributed by atoms with Crippen molar-refractivity contribution in [3.05, 3.63) is 10.6 Å². The lowest BCUT2D eigenvalue weighted by molar-refractivity contribution is 0.494. The number of nitrogens with one attached hydrogen (secondary N) is 1. The molecule has 0 aliphatic heterocycles. The SMILES string of the molecule is Cc1sc(NN(C)C)nc1C1CC1. The van der Waals surface area contributed by atoms with Crippen LogP contribution >= 0.6 is 11.3 Å². The van der Waals surface area contributed by atoms with Crippen LogP contribution in [0.3, 0.4) is 0 Å². The predicted molar refractivity (Wildman–Crippen MR) is 56.1 cm³/mol. The lowest BCUT2D eigenvalue weighted by Gasteiger charge is -2.08. The molecule has 1 fully saturated rings. The highest BCUT2D eigenvalue weighted by Gasteiger charge is 2.28. The van der Waals surface area contributed by atoms with Crippen LogP contribution in [0.2, 0.25) is 0 Å². The van der Waals surface area contributed by atoms with Crippen LogP contribution in [0, 0.1) is 6.92 Å². The molecule has 0 atom stereocenters. The van der Waals surface area contributed by atoms with Crippen molar-refractivity contribution in [2.24, 2.45) is 0 Å². The summed E-state index contributed by atoms with van der Waals surface area (Å²) in [6.07, 6.45) is 2.65. The zero-order valence-electron chi connectivity index (χ0n) is 8.29. The highest BCUT2D eigenvalue weighted by molar-refractivity contribution is 7.15. The Hall–Kier alpha value is -0.610. The zero-order chi connectivity index (χ0) is 9.42. The molecule has 0 radical (unpaired) electrons. The first kappa shape index (κ1) is 8.97. The van der Waals surface area contributed by atoms with Crippen molar-refractivity contribution in [1.29, 1.82) is 0 Å². The third-order valence-electron chi connectivity index (χ3n) is 2.12. The Morgan fingerprint density at radius 1 is 1.46 bits per heavy atom. The quantitative estimate of drug-likeness (QED) is 0.753. The van der Waals surface area contributed by atoms with Gasteiger partial charge in [0.1, 0.15) is 0 Å². The van der Waals surface area contributed by atoms with Gasteiger partial charge in [0, 0.05) is 24.9 Å². The number of aryl methyl sites for hydroxylation is 1.